The van der Waals surface area contributed by atoms with E-state index in [0.29, 0.717) is 6.42 Å². The van der Waals surface area contributed by atoms with Gasteiger partial charge < -0.3 is 20.5 Å². The van der Waals surface area contributed by atoms with Gasteiger partial charge in [0, 0.05) is 6.04 Å². The average molecular weight is 292 g/mol. The molecule has 3 N–H and O–H groups in total. The second kappa shape index (κ2) is 5.33. The van der Waals surface area contributed by atoms with Crippen LogP contribution < -0.4 is 10.6 Å². The minimum atomic E-state index is -3.05. The Morgan fingerprint density at radius 2 is 1.95 bits per heavy atom. The van der Waals surface area contributed by atoms with Crippen LogP contribution in [0.15, 0.2) is 0 Å². The number of hydrogen-bond donors (Lipinski definition) is 3. The van der Waals surface area contributed by atoms with Gasteiger partial charge in [0.25, 0.3) is 0 Å². The summed E-state index contributed by atoms with van der Waals surface area (Å²) in [6.45, 7) is 0.214. The van der Waals surface area contributed by atoms with E-state index in [1.54, 1.807) is 0 Å². The number of carboxylic acids is 1. The van der Waals surface area contributed by atoms with Crippen LogP contribution in [0.5, 0.6) is 0 Å². The number of carbonyl (C=O) groups is 2. The Morgan fingerprint density at radius 3 is 2.53 bits per heavy atom. The van der Waals surface area contributed by atoms with Crippen molar-refractivity contribution in [2.24, 2.45) is 5.92 Å². The normalized spacial score (nSPS) is 32.9. The number of hydrogen-bond acceptors (Lipinski definition) is 5. The molecule has 2 rings (SSSR count). The fraction of sp³-hybridized carbons (Fsp3) is 0.800. The molecule has 0 aromatic heterocycles. The van der Waals surface area contributed by atoms with Crippen molar-refractivity contribution in [2.45, 2.75) is 18.5 Å². The van der Waals surface area contributed by atoms with Crippen LogP contribution in [0.4, 0.5) is 4.79 Å². The lowest BCUT2D eigenvalue weighted by Gasteiger charge is -2.18. The Labute approximate surface area is 110 Å². The van der Waals surface area contributed by atoms with Crippen LogP contribution in [0, 0.1) is 5.92 Å². The Bertz CT molecular complexity index is 476. The van der Waals surface area contributed by atoms with Crippen molar-refractivity contribution in [1.29, 1.82) is 0 Å². The molecule has 2 saturated heterocycles. The van der Waals surface area contributed by atoms with Crippen LogP contribution in [0.25, 0.3) is 0 Å². The van der Waals surface area contributed by atoms with Gasteiger partial charge in [0.2, 0.25) is 0 Å². The monoisotopic (exact) mass is 292 g/mol. The lowest BCUT2D eigenvalue weighted by molar-refractivity contribution is -0.142. The Hall–Kier alpha value is -1.35. The van der Waals surface area contributed by atoms with Crippen molar-refractivity contribution < 1.29 is 27.9 Å². The topological polar surface area (TPSA) is 122 Å². The third kappa shape index (κ3) is 3.57. The number of nitrogens with one attached hydrogen (secondary N) is 2. The first-order valence-electron chi connectivity index (χ1n) is 5.95. The van der Waals surface area contributed by atoms with Crippen LogP contribution in [0.2, 0.25) is 0 Å². The average Bonchev–Trinajstić information content (AvgIpc) is 2.85. The largest absolute Gasteiger partial charge is 0.481 e. The molecular formula is C10H16N2O6S. The zero-order valence-electron chi connectivity index (χ0n) is 10.2. The molecule has 2 aliphatic heterocycles. The molecule has 0 saturated carbocycles. The minimum absolute atomic E-state index is 0.0655. The molecule has 0 spiro atoms. The van der Waals surface area contributed by atoms with Crippen LogP contribution in [-0.4, -0.2) is 62.3 Å². The molecule has 9 heteroatoms. The molecule has 8 nitrogen and oxygen atoms in total. The van der Waals surface area contributed by atoms with E-state index < -0.39 is 39.8 Å². The van der Waals surface area contributed by atoms with E-state index in [2.05, 4.69) is 10.6 Å². The molecule has 2 heterocycles. The van der Waals surface area contributed by atoms with Gasteiger partial charge in [0.1, 0.15) is 5.92 Å². The van der Waals surface area contributed by atoms with E-state index in [-0.39, 0.29) is 24.7 Å². The van der Waals surface area contributed by atoms with Gasteiger partial charge in [-0.3, -0.25) is 4.79 Å². The van der Waals surface area contributed by atoms with E-state index in [1.165, 1.54) is 0 Å². The summed E-state index contributed by atoms with van der Waals surface area (Å²) in [4.78, 5) is 22.6. The van der Waals surface area contributed by atoms with Crippen molar-refractivity contribution in [3.05, 3.63) is 0 Å². The highest BCUT2D eigenvalue weighted by Crippen LogP contribution is 2.14. The summed E-state index contributed by atoms with van der Waals surface area (Å²) < 4.78 is 27.5. The van der Waals surface area contributed by atoms with Crippen LogP contribution in [-0.2, 0) is 19.4 Å². The highest BCUT2D eigenvalue weighted by Gasteiger charge is 2.36. The number of aliphatic carboxylic acids is 1. The summed E-state index contributed by atoms with van der Waals surface area (Å²) in [6.07, 6.45) is 0.388. The zero-order valence-corrected chi connectivity index (χ0v) is 11.0. The molecule has 2 aliphatic rings. The fourth-order valence-electron chi connectivity index (χ4n) is 2.24. The lowest BCUT2D eigenvalue weighted by Crippen LogP contribution is -2.50. The Balaban J connectivity index is 1.83. The first-order chi connectivity index (χ1) is 8.87. The van der Waals surface area contributed by atoms with Gasteiger partial charge in [-0.2, -0.15) is 0 Å². The quantitative estimate of drug-likeness (QED) is 0.586. The maximum absolute atomic E-state index is 11.7. The van der Waals surface area contributed by atoms with Crippen molar-refractivity contribution in [3.63, 3.8) is 0 Å². The standard InChI is InChI=1S/C10H16N2O6S/c13-9(14)7-3-18-4-8(7)12-10(15)11-6-1-2-19(16,17)5-6/h6-8H,1-5H2,(H,13,14)(H2,11,12,15). The van der Waals surface area contributed by atoms with Crippen LogP contribution in [0.3, 0.4) is 0 Å². The number of amides is 2. The third-order valence-electron chi connectivity index (χ3n) is 3.28. The summed E-state index contributed by atoms with van der Waals surface area (Å²) in [5.74, 6) is -1.78. The highest BCUT2D eigenvalue weighted by atomic mass is 32.2. The van der Waals surface area contributed by atoms with E-state index in [0.717, 1.165) is 0 Å². The summed E-state index contributed by atoms with van der Waals surface area (Å²) >= 11 is 0. The second-order valence-corrected chi connectivity index (χ2v) is 7.04. The predicted molar refractivity (Wildman–Crippen MR) is 64.5 cm³/mol. The molecule has 2 fully saturated rings. The van der Waals surface area contributed by atoms with Gasteiger partial charge in [0.15, 0.2) is 9.84 Å². The molecule has 0 aromatic rings. The molecule has 3 atom stereocenters. The molecule has 0 radical (unpaired) electrons. The number of rotatable bonds is 3. The van der Waals surface area contributed by atoms with Gasteiger partial charge in [-0.1, -0.05) is 0 Å². The maximum Gasteiger partial charge on any atom is 0.315 e. The van der Waals surface area contributed by atoms with Gasteiger partial charge in [0.05, 0.1) is 30.8 Å². The van der Waals surface area contributed by atoms with Crippen LogP contribution in [0.1, 0.15) is 6.42 Å². The Morgan fingerprint density at radius 1 is 1.21 bits per heavy atom. The van der Waals surface area contributed by atoms with Crippen molar-refractivity contribution in [3.8, 4) is 0 Å². The maximum atomic E-state index is 11.7. The molecule has 3 unspecified atom stereocenters. The molecule has 108 valence electrons. The van der Waals surface area contributed by atoms with Crippen LogP contribution >= 0.6 is 0 Å². The molecule has 19 heavy (non-hydrogen) atoms. The van der Waals surface area contributed by atoms with E-state index >= 15 is 0 Å². The lowest BCUT2D eigenvalue weighted by atomic mass is 10.0. The van der Waals surface area contributed by atoms with E-state index in [9.17, 15) is 18.0 Å². The first-order valence-corrected chi connectivity index (χ1v) is 7.77. The molecule has 0 aromatic carbocycles. The van der Waals surface area contributed by atoms with Crippen molar-refractivity contribution >= 4 is 21.8 Å². The number of carbonyl (C=O) groups excluding carboxylic acids is 1. The number of sulfone groups is 1. The summed E-state index contributed by atoms with van der Waals surface area (Å²) in [7, 11) is -3.05. The zero-order chi connectivity index (χ0) is 14.0. The molecule has 0 bridgehead atoms. The van der Waals surface area contributed by atoms with Gasteiger partial charge in [-0.15, -0.1) is 0 Å². The van der Waals surface area contributed by atoms with Gasteiger partial charge in [-0.05, 0) is 6.42 Å². The summed E-state index contributed by atoms with van der Waals surface area (Å²) in [5.41, 5.74) is 0. The summed E-state index contributed by atoms with van der Waals surface area (Å²) in [5, 5.41) is 14.0. The molecule has 0 aliphatic carbocycles. The van der Waals surface area contributed by atoms with E-state index in [4.69, 9.17) is 9.84 Å². The highest BCUT2D eigenvalue weighted by molar-refractivity contribution is 7.91. The number of ether oxygens (including phenoxy) is 1. The van der Waals surface area contributed by atoms with Gasteiger partial charge in [-0.25, -0.2) is 13.2 Å². The molecule has 2 amide bonds. The number of urea groups is 1. The molecular weight excluding hydrogens is 276 g/mol. The summed E-state index contributed by atoms with van der Waals surface area (Å²) in [6, 6.07) is -1.55. The Kier molecular flexibility index (Phi) is 3.95. The second-order valence-electron chi connectivity index (χ2n) is 4.81. The van der Waals surface area contributed by atoms with Gasteiger partial charge >= 0.3 is 12.0 Å². The number of carboxylic acid groups (broad SMARTS) is 1. The smallest absolute Gasteiger partial charge is 0.315 e. The van der Waals surface area contributed by atoms with Crippen molar-refractivity contribution in [1.82, 2.24) is 10.6 Å². The van der Waals surface area contributed by atoms with Crippen molar-refractivity contribution in [2.75, 3.05) is 24.7 Å². The fourth-order valence-corrected chi connectivity index (χ4v) is 3.92. The SMILES string of the molecule is O=C(NC1CCS(=O)(=O)C1)NC1COCC1C(=O)O. The predicted octanol–water partition coefficient (Wildman–Crippen LogP) is -1.43. The van der Waals surface area contributed by atoms with E-state index in [1.807, 2.05) is 0 Å². The first kappa shape index (κ1) is 14.1. The third-order valence-corrected chi connectivity index (χ3v) is 5.05. The minimum Gasteiger partial charge on any atom is -0.481 e.